The monoisotopic (exact) mass is 382 g/mol. The zero-order valence-electron chi connectivity index (χ0n) is 16.8. The molecule has 2 unspecified atom stereocenters. The molecule has 2 atom stereocenters. The van der Waals surface area contributed by atoms with Gasteiger partial charge in [-0.2, -0.15) is 5.26 Å². The maximum absolute atomic E-state index is 13.1. The fraction of sp³-hybridized carbons (Fsp3) is 0.524. The number of imide groups is 1. The molecule has 1 saturated carbocycles. The van der Waals surface area contributed by atoms with Crippen molar-refractivity contribution >= 4 is 23.5 Å². The Morgan fingerprint density at radius 2 is 2.07 bits per heavy atom. The first-order valence-corrected chi connectivity index (χ1v) is 9.48. The molecule has 4 amide bonds. The molecule has 1 heterocycles. The summed E-state index contributed by atoms with van der Waals surface area (Å²) in [6.07, 6.45) is 2.15. The van der Waals surface area contributed by atoms with Crippen LogP contribution < -0.4 is 10.2 Å². The van der Waals surface area contributed by atoms with Crippen molar-refractivity contribution in [2.45, 2.75) is 45.6 Å². The molecular weight excluding hydrogens is 356 g/mol. The van der Waals surface area contributed by atoms with Crippen molar-refractivity contribution in [3.05, 3.63) is 29.8 Å². The molecule has 0 bridgehead atoms. The molecule has 0 aromatic heterocycles. The molecule has 1 saturated heterocycles. The topological polar surface area (TPSA) is 93.5 Å². The van der Waals surface area contributed by atoms with Crippen molar-refractivity contribution in [1.29, 1.82) is 5.26 Å². The van der Waals surface area contributed by atoms with Crippen molar-refractivity contribution in [3.8, 4) is 6.07 Å². The van der Waals surface area contributed by atoms with Crippen LogP contribution in [0.15, 0.2) is 24.3 Å². The summed E-state index contributed by atoms with van der Waals surface area (Å²) in [5.74, 6) is -0.400. The van der Waals surface area contributed by atoms with Crippen LogP contribution in [0.5, 0.6) is 0 Å². The standard InChI is InChI=1S/C21H26N4O3/c1-14-9-20(2,3)13-21(10-14)18(27)25(19(28)23-21)12-17(26)24(4)16-7-5-6-15(8-16)11-22/h5-8,14H,9-10,12-13H2,1-4H3,(H,23,28). The van der Waals surface area contributed by atoms with Crippen LogP contribution in [0.4, 0.5) is 10.5 Å². The van der Waals surface area contributed by atoms with Gasteiger partial charge in [0.1, 0.15) is 12.1 Å². The van der Waals surface area contributed by atoms with Gasteiger partial charge in [0.15, 0.2) is 0 Å². The Morgan fingerprint density at radius 1 is 1.36 bits per heavy atom. The number of nitrogens with zero attached hydrogens (tertiary/aromatic N) is 3. The number of likely N-dealkylation sites (N-methyl/N-ethyl adjacent to an activating group) is 1. The highest BCUT2D eigenvalue weighted by Gasteiger charge is 2.56. The molecule has 148 valence electrons. The normalized spacial score (nSPS) is 26.1. The lowest BCUT2D eigenvalue weighted by Gasteiger charge is -2.43. The Kier molecular flexibility index (Phi) is 4.92. The van der Waals surface area contributed by atoms with E-state index in [2.05, 4.69) is 26.1 Å². The number of amides is 4. The number of rotatable bonds is 3. The minimum absolute atomic E-state index is 0.0604. The maximum atomic E-state index is 13.1. The van der Waals surface area contributed by atoms with E-state index in [-0.39, 0.29) is 17.9 Å². The highest BCUT2D eigenvalue weighted by atomic mass is 16.2. The second-order valence-electron chi connectivity index (χ2n) is 8.87. The van der Waals surface area contributed by atoms with Gasteiger partial charge in [0.05, 0.1) is 11.6 Å². The van der Waals surface area contributed by atoms with Gasteiger partial charge in [0.2, 0.25) is 5.91 Å². The number of nitriles is 1. The van der Waals surface area contributed by atoms with Crippen LogP contribution >= 0.6 is 0 Å². The van der Waals surface area contributed by atoms with E-state index in [1.165, 1.54) is 4.90 Å². The van der Waals surface area contributed by atoms with E-state index in [1.54, 1.807) is 31.3 Å². The highest BCUT2D eigenvalue weighted by Crippen LogP contribution is 2.46. The number of carbonyl (C=O) groups excluding carboxylic acids is 3. The van der Waals surface area contributed by atoms with Gasteiger partial charge in [-0.1, -0.05) is 26.8 Å². The van der Waals surface area contributed by atoms with E-state index in [4.69, 9.17) is 5.26 Å². The predicted molar refractivity (Wildman–Crippen MR) is 104 cm³/mol. The first-order chi connectivity index (χ1) is 13.1. The van der Waals surface area contributed by atoms with Crippen LogP contribution in [0.1, 0.15) is 45.6 Å². The van der Waals surface area contributed by atoms with Crippen LogP contribution in [-0.4, -0.2) is 41.9 Å². The van der Waals surface area contributed by atoms with Gasteiger partial charge in [0, 0.05) is 12.7 Å². The molecule has 2 fully saturated rings. The summed E-state index contributed by atoms with van der Waals surface area (Å²) in [4.78, 5) is 40.8. The number of hydrogen-bond acceptors (Lipinski definition) is 4. The molecule has 1 aliphatic heterocycles. The van der Waals surface area contributed by atoms with E-state index in [1.807, 2.05) is 6.07 Å². The van der Waals surface area contributed by atoms with Crippen molar-refractivity contribution in [3.63, 3.8) is 0 Å². The molecule has 1 N–H and O–H groups in total. The Morgan fingerprint density at radius 3 is 2.71 bits per heavy atom. The molecule has 7 nitrogen and oxygen atoms in total. The molecule has 7 heteroatoms. The summed E-state index contributed by atoms with van der Waals surface area (Å²) >= 11 is 0. The SMILES string of the molecule is CC1CC(C)(C)CC2(C1)NC(=O)N(CC(=O)N(C)c1cccc(C#N)c1)C2=O. The third kappa shape index (κ3) is 3.59. The van der Waals surface area contributed by atoms with Gasteiger partial charge < -0.3 is 10.2 Å². The van der Waals surface area contributed by atoms with E-state index in [9.17, 15) is 14.4 Å². The highest BCUT2D eigenvalue weighted by molar-refractivity contribution is 6.10. The maximum Gasteiger partial charge on any atom is 0.325 e. The number of hydrogen-bond donors (Lipinski definition) is 1. The van der Waals surface area contributed by atoms with Gasteiger partial charge in [0.25, 0.3) is 5.91 Å². The van der Waals surface area contributed by atoms with E-state index < -0.39 is 17.5 Å². The molecule has 1 spiro atoms. The molecule has 28 heavy (non-hydrogen) atoms. The third-order valence-electron chi connectivity index (χ3n) is 5.65. The van der Waals surface area contributed by atoms with Gasteiger partial charge in [-0.15, -0.1) is 0 Å². The van der Waals surface area contributed by atoms with Gasteiger partial charge in [-0.3, -0.25) is 14.5 Å². The summed E-state index contributed by atoms with van der Waals surface area (Å²) in [6, 6.07) is 8.15. The average Bonchev–Trinajstić information content (AvgIpc) is 2.82. The lowest BCUT2D eigenvalue weighted by Crippen LogP contribution is -2.54. The van der Waals surface area contributed by atoms with Crippen molar-refractivity contribution in [1.82, 2.24) is 10.2 Å². The largest absolute Gasteiger partial charge is 0.325 e. The average molecular weight is 382 g/mol. The van der Waals surface area contributed by atoms with E-state index in [0.29, 0.717) is 30.0 Å². The van der Waals surface area contributed by atoms with Gasteiger partial charge in [-0.25, -0.2) is 4.79 Å². The quantitative estimate of drug-likeness (QED) is 0.813. The number of carbonyl (C=O) groups is 3. The summed E-state index contributed by atoms with van der Waals surface area (Å²) in [7, 11) is 1.57. The van der Waals surface area contributed by atoms with Gasteiger partial charge >= 0.3 is 6.03 Å². The number of urea groups is 1. The Labute approximate surface area is 165 Å². The first kappa shape index (κ1) is 19.9. The van der Waals surface area contributed by atoms with Crippen LogP contribution in [0.2, 0.25) is 0 Å². The molecule has 1 aliphatic carbocycles. The smallest absolute Gasteiger partial charge is 0.323 e. The second kappa shape index (κ2) is 6.93. The molecule has 3 rings (SSSR count). The number of anilines is 1. The summed E-state index contributed by atoms with van der Waals surface area (Å²) in [5.41, 5.74) is -0.00441. The Balaban J connectivity index is 1.77. The summed E-state index contributed by atoms with van der Waals surface area (Å²) in [6.45, 7) is 5.97. The van der Waals surface area contributed by atoms with Crippen LogP contribution in [0.3, 0.4) is 0 Å². The fourth-order valence-corrected chi connectivity index (χ4v) is 4.82. The molecular formula is C21H26N4O3. The molecule has 2 aliphatic rings. The minimum atomic E-state index is -0.919. The van der Waals surface area contributed by atoms with E-state index >= 15 is 0 Å². The van der Waals surface area contributed by atoms with Crippen molar-refractivity contribution in [2.24, 2.45) is 11.3 Å². The Bertz CT molecular complexity index is 873. The van der Waals surface area contributed by atoms with Crippen LogP contribution in [0, 0.1) is 22.7 Å². The lowest BCUT2D eigenvalue weighted by molar-refractivity contribution is -0.137. The van der Waals surface area contributed by atoms with Crippen LogP contribution in [0.25, 0.3) is 0 Å². The Hall–Kier alpha value is -2.88. The number of benzene rings is 1. The zero-order valence-corrected chi connectivity index (χ0v) is 16.8. The summed E-state index contributed by atoms with van der Waals surface area (Å²) < 4.78 is 0. The minimum Gasteiger partial charge on any atom is -0.323 e. The summed E-state index contributed by atoms with van der Waals surface area (Å²) in [5, 5.41) is 11.9. The fourth-order valence-electron chi connectivity index (χ4n) is 4.82. The third-order valence-corrected chi connectivity index (χ3v) is 5.65. The lowest BCUT2D eigenvalue weighted by atomic mass is 9.64. The molecule has 1 aromatic carbocycles. The molecule has 0 radical (unpaired) electrons. The number of nitrogens with one attached hydrogen (secondary N) is 1. The van der Waals surface area contributed by atoms with Crippen LogP contribution in [-0.2, 0) is 9.59 Å². The zero-order chi connectivity index (χ0) is 20.7. The van der Waals surface area contributed by atoms with Crippen molar-refractivity contribution < 1.29 is 14.4 Å². The predicted octanol–water partition coefficient (Wildman–Crippen LogP) is 2.66. The second-order valence-corrected chi connectivity index (χ2v) is 8.87. The van der Waals surface area contributed by atoms with Crippen molar-refractivity contribution in [2.75, 3.05) is 18.5 Å². The molecule has 1 aromatic rings. The first-order valence-electron chi connectivity index (χ1n) is 9.48. The van der Waals surface area contributed by atoms with Gasteiger partial charge in [-0.05, 0) is 48.8 Å². The van der Waals surface area contributed by atoms with E-state index in [0.717, 1.165) is 11.3 Å².